The van der Waals surface area contributed by atoms with Crippen molar-refractivity contribution in [3.8, 4) is 0 Å². The van der Waals surface area contributed by atoms with E-state index in [-0.39, 0.29) is 49.2 Å². The first-order valence-electron chi connectivity index (χ1n) is 6.52. The van der Waals surface area contributed by atoms with E-state index in [2.05, 4.69) is 18.1 Å². The molecule has 0 aromatic rings. The molecular weight excluding hydrogens is 596 g/mol. The molecule has 232 valence electrons. The first-order chi connectivity index (χ1) is 12.2. The lowest BCUT2D eigenvalue weighted by Gasteiger charge is -2.45. The van der Waals surface area contributed by atoms with Crippen LogP contribution in [0, 0.1) is 0 Å². The molecule has 6 atom stereocenters. The minimum absolute atomic E-state index is 0. The summed E-state index contributed by atoms with van der Waals surface area (Å²) in [4.78, 5) is 71.1. The van der Waals surface area contributed by atoms with Gasteiger partial charge in [0, 0.05) is 0 Å². The van der Waals surface area contributed by atoms with E-state index in [9.17, 15) is 28.5 Å². The van der Waals surface area contributed by atoms with Gasteiger partial charge in [0.15, 0.2) is 0 Å². The highest BCUT2D eigenvalue weighted by atomic mass is 31.2. The Morgan fingerprint density at radius 2 is 0.500 bits per heavy atom. The number of phosphoric acid groups is 4. The Kier molecular flexibility index (Phi) is 29.9. The molecule has 34 N–H and O–H groups in total. The lowest BCUT2D eigenvalue weighted by Crippen LogP contribution is -2.65. The molecule has 36 heavy (non-hydrogen) atoms. The van der Waals surface area contributed by atoms with Crippen molar-refractivity contribution in [2.45, 2.75) is 36.6 Å². The molecule has 1 rings (SSSR count). The number of aliphatic hydroxyl groups is 2. The van der Waals surface area contributed by atoms with E-state index in [0.717, 1.165) is 0 Å². The first-order valence-corrected chi connectivity index (χ1v) is 12.6. The van der Waals surface area contributed by atoms with Gasteiger partial charge in [-0.1, -0.05) is 0 Å². The quantitative estimate of drug-likeness (QED) is 0.127. The third-order valence-corrected chi connectivity index (χ3v) is 5.10. The fourth-order valence-corrected chi connectivity index (χ4v) is 4.51. The zero-order valence-electron chi connectivity index (χ0n) is 18.6. The van der Waals surface area contributed by atoms with E-state index < -0.39 is 67.9 Å². The molecule has 0 bridgehead atoms. The van der Waals surface area contributed by atoms with Gasteiger partial charge in [-0.2, -0.15) is 0 Å². The van der Waals surface area contributed by atoms with Crippen molar-refractivity contribution in [2.24, 2.45) is 0 Å². The summed E-state index contributed by atoms with van der Waals surface area (Å²) in [5, 5.41) is 19.8. The number of rotatable bonds is 8. The summed E-state index contributed by atoms with van der Waals surface area (Å²) < 4.78 is 60.6. The molecule has 0 aliphatic heterocycles. The van der Waals surface area contributed by atoms with E-state index in [1.54, 1.807) is 0 Å². The standard InChI is InChI=1S/C6H16O18P4.8H3N/c7-1-2(8)4(22-26(12,13)14)6(24-28(18,19)20)5(23-27(15,16)17)3(1)21-25(9,10)11;;;;;;;;/h1-8H,(H2,9,10,11)(H2,12,13,14)(H2,15,16,17)(H2,18,19,20);8*1H3/t1-,2+,3-,4-,5+,6+;;;;;;;;/m1......../s1. The monoisotopic (exact) mass is 636 g/mol. The molecule has 1 saturated carbocycles. The van der Waals surface area contributed by atoms with Crippen molar-refractivity contribution < 1.29 is 85.7 Å². The first kappa shape index (κ1) is 56.3. The van der Waals surface area contributed by atoms with Crippen LogP contribution in [0.3, 0.4) is 0 Å². The van der Waals surface area contributed by atoms with Crippen molar-refractivity contribution in [3.05, 3.63) is 0 Å². The van der Waals surface area contributed by atoms with Crippen molar-refractivity contribution in [3.63, 3.8) is 0 Å². The fraction of sp³-hybridized carbons (Fsp3) is 1.00. The van der Waals surface area contributed by atoms with Gasteiger partial charge in [0.25, 0.3) is 0 Å². The number of phosphoric ester groups is 4. The van der Waals surface area contributed by atoms with E-state index in [4.69, 9.17) is 39.1 Å². The van der Waals surface area contributed by atoms with Crippen LogP contribution < -0.4 is 49.2 Å². The second-order valence-corrected chi connectivity index (χ2v) is 9.99. The maximum Gasteiger partial charge on any atom is 0.470 e. The van der Waals surface area contributed by atoms with Gasteiger partial charge < -0.3 is 98.6 Å². The lowest BCUT2D eigenvalue weighted by molar-refractivity contribution is -0.209. The van der Waals surface area contributed by atoms with Gasteiger partial charge >= 0.3 is 31.3 Å². The molecule has 1 fully saturated rings. The summed E-state index contributed by atoms with van der Waals surface area (Å²) in [6.45, 7) is 0. The van der Waals surface area contributed by atoms with Gasteiger partial charge in [0.2, 0.25) is 0 Å². The van der Waals surface area contributed by atoms with Crippen molar-refractivity contribution in [1.82, 2.24) is 49.2 Å². The van der Waals surface area contributed by atoms with E-state index in [0.29, 0.717) is 0 Å². The minimum atomic E-state index is -5.67. The minimum Gasteiger partial charge on any atom is -0.387 e. The van der Waals surface area contributed by atoms with Gasteiger partial charge in [-0.15, -0.1) is 0 Å². The Labute approximate surface area is 203 Å². The summed E-state index contributed by atoms with van der Waals surface area (Å²) in [5.74, 6) is 0. The van der Waals surface area contributed by atoms with Crippen LogP contribution in [0.15, 0.2) is 0 Å². The van der Waals surface area contributed by atoms with Crippen molar-refractivity contribution >= 4 is 31.3 Å². The molecule has 26 nitrogen and oxygen atoms in total. The fourth-order valence-electron chi connectivity index (χ4n) is 2.27. The van der Waals surface area contributed by atoms with Gasteiger partial charge in [0.1, 0.15) is 36.6 Å². The summed E-state index contributed by atoms with van der Waals surface area (Å²) in [6, 6.07) is 0. The molecule has 0 spiro atoms. The van der Waals surface area contributed by atoms with Crippen LogP contribution in [0.2, 0.25) is 0 Å². The summed E-state index contributed by atoms with van der Waals surface area (Å²) in [5.41, 5.74) is 0. The molecule has 0 saturated heterocycles. The molecule has 0 aromatic carbocycles. The maximum atomic E-state index is 11.1. The highest BCUT2D eigenvalue weighted by Crippen LogP contribution is 2.52. The number of aliphatic hydroxyl groups excluding tert-OH is 2. The summed E-state index contributed by atoms with van der Waals surface area (Å²) in [7, 11) is -22.5. The van der Waals surface area contributed by atoms with E-state index in [1.165, 1.54) is 0 Å². The topological polar surface area (TPSA) is 588 Å². The second kappa shape index (κ2) is 19.2. The molecule has 0 unspecified atom stereocenters. The molecule has 0 amide bonds. The van der Waals surface area contributed by atoms with E-state index >= 15 is 0 Å². The SMILES string of the molecule is N.N.N.N.N.N.N.N.O=P(O)(O)O[C@@H]1[C@@H](OP(=O)(O)O)[C@H](OP(=O)(O)O)[C@@H](O)[C@@H](O)[C@H]1OP(=O)(O)O. The van der Waals surface area contributed by atoms with Crippen LogP contribution in [-0.2, 0) is 36.4 Å². The van der Waals surface area contributed by atoms with Crippen molar-refractivity contribution in [1.29, 1.82) is 0 Å². The lowest BCUT2D eigenvalue weighted by atomic mass is 9.85. The predicted molar refractivity (Wildman–Crippen MR) is 120 cm³/mol. The van der Waals surface area contributed by atoms with Gasteiger partial charge in [-0.3, -0.25) is 18.1 Å². The smallest absolute Gasteiger partial charge is 0.387 e. The largest absolute Gasteiger partial charge is 0.470 e. The van der Waals surface area contributed by atoms with Gasteiger partial charge in [-0.25, -0.2) is 18.3 Å². The summed E-state index contributed by atoms with van der Waals surface area (Å²) >= 11 is 0. The molecular formula is C6H40N8O18P4. The highest BCUT2D eigenvalue weighted by Gasteiger charge is 2.58. The molecule has 30 heteroatoms. The predicted octanol–water partition coefficient (Wildman–Crippen LogP) is -2.07. The van der Waals surface area contributed by atoms with Crippen LogP contribution in [0.5, 0.6) is 0 Å². The van der Waals surface area contributed by atoms with Crippen molar-refractivity contribution in [2.75, 3.05) is 0 Å². The van der Waals surface area contributed by atoms with Crippen LogP contribution >= 0.6 is 31.3 Å². The number of hydrogen-bond donors (Lipinski definition) is 18. The van der Waals surface area contributed by atoms with Gasteiger partial charge in [-0.05, 0) is 0 Å². The van der Waals surface area contributed by atoms with Crippen LogP contribution in [0.1, 0.15) is 0 Å². The Balaban J connectivity index is -0.000000163. The average molecular weight is 636 g/mol. The molecule has 1 aliphatic rings. The second-order valence-electron chi connectivity index (χ2n) is 5.22. The Morgan fingerprint density at radius 1 is 0.361 bits per heavy atom. The Bertz CT molecular complexity index is 692. The Hall–Kier alpha value is 0.0400. The molecule has 0 aromatic heterocycles. The average Bonchev–Trinajstić information content (AvgIpc) is 2.39. The Morgan fingerprint density at radius 3 is 0.639 bits per heavy atom. The summed E-state index contributed by atoms with van der Waals surface area (Å²) in [6.07, 6.45) is -15.9. The molecule has 0 heterocycles. The third-order valence-electron chi connectivity index (χ3n) is 3.03. The zero-order valence-corrected chi connectivity index (χ0v) is 22.2. The van der Waals surface area contributed by atoms with Crippen LogP contribution in [0.25, 0.3) is 0 Å². The highest BCUT2D eigenvalue weighted by molar-refractivity contribution is 7.47. The number of hydrogen-bond acceptors (Lipinski definition) is 18. The van der Waals surface area contributed by atoms with Crippen LogP contribution in [0.4, 0.5) is 0 Å². The normalized spacial score (nSPS) is 25.7. The van der Waals surface area contributed by atoms with Crippen LogP contribution in [-0.4, -0.2) is 86.0 Å². The van der Waals surface area contributed by atoms with Gasteiger partial charge in [0.05, 0.1) is 0 Å². The molecule has 0 radical (unpaired) electrons. The van der Waals surface area contributed by atoms with E-state index in [1.807, 2.05) is 0 Å². The molecule has 1 aliphatic carbocycles. The zero-order chi connectivity index (χ0) is 22.3. The third kappa shape index (κ3) is 19.2. The maximum absolute atomic E-state index is 11.1.